The van der Waals surface area contributed by atoms with Crippen LogP contribution in [0.1, 0.15) is 23.2 Å². The number of benzene rings is 1. The number of nitrogens with two attached hydrogens (primary N) is 1. The number of amides is 2. The van der Waals surface area contributed by atoms with E-state index in [1.165, 1.54) is 26.4 Å². The molecule has 1 aliphatic rings. The molecule has 0 radical (unpaired) electrons. The number of hydrogen-bond donors (Lipinski definition) is 4. The van der Waals surface area contributed by atoms with E-state index in [-0.39, 0.29) is 40.0 Å². The molecule has 32 heavy (non-hydrogen) atoms. The Hall–Kier alpha value is -3.25. The summed E-state index contributed by atoms with van der Waals surface area (Å²) in [7, 11) is 2.93. The highest BCUT2D eigenvalue weighted by Crippen LogP contribution is 2.28. The lowest BCUT2D eigenvalue weighted by molar-refractivity contribution is -0.119. The molecule has 1 fully saturated rings. The number of carbonyl (C=O) groups excluding carboxylic acids is 2. The molecular formula is C20H25N5O6S. The number of nitrogens with one attached hydrogen (secondary N) is 3. The number of rotatable bonds is 9. The summed E-state index contributed by atoms with van der Waals surface area (Å²) in [6.45, 7) is 1.17. The molecule has 0 aliphatic carbocycles. The van der Waals surface area contributed by atoms with Gasteiger partial charge in [-0.05, 0) is 31.0 Å². The number of nitrogen functional groups attached to an aromatic ring is 1. The van der Waals surface area contributed by atoms with Crippen LogP contribution in [0.2, 0.25) is 0 Å². The lowest BCUT2D eigenvalue weighted by Crippen LogP contribution is -2.33. The predicted molar refractivity (Wildman–Crippen MR) is 119 cm³/mol. The highest BCUT2D eigenvalue weighted by atomic mass is 32.2. The van der Waals surface area contributed by atoms with Gasteiger partial charge in [0.2, 0.25) is 5.91 Å². The number of methoxy groups -OCH3 is 2. The Balaban J connectivity index is 1.61. The van der Waals surface area contributed by atoms with Crippen LogP contribution in [0.25, 0.3) is 0 Å². The van der Waals surface area contributed by atoms with Gasteiger partial charge in [-0.2, -0.15) is 0 Å². The maximum atomic E-state index is 12.6. The van der Waals surface area contributed by atoms with Crippen molar-refractivity contribution in [1.29, 1.82) is 0 Å². The van der Waals surface area contributed by atoms with Crippen molar-refractivity contribution in [3.05, 3.63) is 34.1 Å². The van der Waals surface area contributed by atoms with Crippen molar-refractivity contribution in [2.75, 3.05) is 44.2 Å². The number of carbonyl (C=O) groups is 2. The fourth-order valence-corrected chi connectivity index (χ4v) is 3.74. The minimum Gasteiger partial charge on any atom is -0.493 e. The zero-order chi connectivity index (χ0) is 23.1. The third kappa shape index (κ3) is 5.92. The molecule has 5 N–H and O–H groups in total. The Kier molecular flexibility index (Phi) is 7.95. The maximum Gasteiger partial charge on any atom is 0.277 e. The molecule has 0 bridgehead atoms. The zero-order valence-electron chi connectivity index (χ0n) is 17.7. The average molecular weight is 464 g/mol. The van der Waals surface area contributed by atoms with Crippen molar-refractivity contribution in [1.82, 2.24) is 15.3 Å². The third-order valence-corrected chi connectivity index (χ3v) is 5.57. The molecule has 1 aromatic carbocycles. The van der Waals surface area contributed by atoms with Gasteiger partial charge in [-0.3, -0.25) is 19.4 Å². The quantitative estimate of drug-likeness (QED) is 0.314. The number of anilines is 2. The van der Waals surface area contributed by atoms with E-state index >= 15 is 0 Å². The van der Waals surface area contributed by atoms with Crippen LogP contribution in [0.3, 0.4) is 0 Å². The van der Waals surface area contributed by atoms with Gasteiger partial charge in [0.05, 0.1) is 26.1 Å². The van der Waals surface area contributed by atoms with Crippen LogP contribution in [0.15, 0.2) is 28.2 Å². The highest BCUT2D eigenvalue weighted by molar-refractivity contribution is 7.99. The predicted octanol–water partition coefficient (Wildman–Crippen LogP) is 1.01. The van der Waals surface area contributed by atoms with Gasteiger partial charge in [0.1, 0.15) is 5.69 Å². The molecule has 11 nitrogen and oxygen atoms in total. The van der Waals surface area contributed by atoms with Gasteiger partial charge in [-0.25, -0.2) is 4.98 Å². The molecule has 1 aliphatic heterocycles. The third-order valence-electron chi connectivity index (χ3n) is 4.70. The lowest BCUT2D eigenvalue weighted by Gasteiger charge is -2.11. The van der Waals surface area contributed by atoms with E-state index in [0.717, 1.165) is 24.6 Å². The van der Waals surface area contributed by atoms with E-state index < -0.39 is 11.5 Å². The van der Waals surface area contributed by atoms with E-state index in [1.54, 1.807) is 6.07 Å². The highest BCUT2D eigenvalue weighted by Gasteiger charge is 2.18. The SMILES string of the molecule is COc1ccc(C(=O)Nc2c(N)nc(SCC(=O)NC[C@H]3CCCO3)[nH]c2=O)cc1OC. The standard InChI is InChI=1S/C20H25N5O6S/c1-29-13-6-5-11(8-14(13)30-2)18(27)23-16-17(21)24-20(25-19(16)28)32-10-15(26)22-9-12-4-3-7-31-12/h5-6,8,12H,3-4,7,9-10H2,1-2H3,(H,22,26)(H,23,27)(H3,21,24,25,28)/t12-/m1/s1. The first kappa shape index (κ1) is 23.4. The van der Waals surface area contributed by atoms with Crippen LogP contribution >= 0.6 is 11.8 Å². The summed E-state index contributed by atoms with van der Waals surface area (Å²) in [5, 5.41) is 5.41. The second-order valence-corrected chi connectivity index (χ2v) is 7.85. The molecule has 0 unspecified atom stereocenters. The summed E-state index contributed by atoms with van der Waals surface area (Å²) in [5.41, 5.74) is 5.30. The van der Waals surface area contributed by atoms with Crippen LogP contribution in [0.5, 0.6) is 11.5 Å². The summed E-state index contributed by atoms with van der Waals surface area (Å²) < 4.78 is 15.8. The van der Waals surface area contributed by atoms with Gasteiger partial charge >= 0.3 is 0 Å². The van der Waals surface area contributed by atoms with E-state index in [1.807, 2.05) is 0 Å². The molecule has 0 spiro atoms. The first-order chi connectivity index (χ1) is 15.4. The molecule has 172 valence electrons. The summed E-state index contributed by atoms with van der Waals surface area (Å²) >= 11 is 1.03. The molecule has 1 aromatic heterocycles. The van der Waals surface area contributed by atoms with E-state index in [4.69, 9.17) is 19.9 Å². The van der Waals surface area contributed by atoms with E-state index in [9.17, 15) is 14.4 Å². The number of nitrogens with zero attached hydrogens (tertiary/aromatic N) is 1. The van der Waals surface area contributed by atoms with Gasteiger partial charge in [0.25, 0.3) is 11.5 Å². The molecule has 3 rings (SSSR count). The van der Waals surface area contributed by atoms with Crippen LogP contribution in [0, 0.1) is 0 Å². The first-order valence-corrected chi connectivity index (χ1v) is 10.8. The number of hydrogen-bond acceptors (Lipinski definition) is 9. The minimum absolute atomic E-state index is 0.0473. The van der Waals surface area contributed by atoms with Gasteiger partial charge in [-0.15, -0.1) is 0 Å². The Bertz CT molecular complexity index is 1040. The van der Waals surface area contributed by atoms with Crippen molar-refractivity contribution in [2.24, 2.45) is 0 Å². The summed E-state index contributed by atoms with van der Waals surface area (Å²) in [5.74, 6) is -0.0675. The number of thioether (sulfide) groups is 1. The van der Waals surface area contributed by atoms with Crippen molar-refractivity contribution in [3.8, 4) is 11.5 Å². The molecule has 2 amide bonds. The number of aromatic amines is 1. The van der Waals surface area contributed by atoms with Gasteiger partial charge in [0, 0.05) is 18.7 Å². The maximum absolute atomic E-state index is 12.6. The Labute approximate surface area is 188 Å². The van der Waals surface area contributed by atoms with Crippen molar-refractivity contribution in [2.45, 2.75) is 24.1 Å². The lowest BCUT2D eigenvalue weighted by atomic mass is 10.2. The molecule has 0 saturated carbocycles. The largest absolute Gasteiger partial charge is 0.493 e. The van der Waals surface area contributed by atoms with Crippen molar-refractivity contribution < 1.29 is 23.8 Å². The summed E-state index contributed by atoms with van der Waals surface area (Å²) in [6, 6.07) is 4.57. The molecule has 2 aromatic rings. The molecule has 12 heteroatoms. The van der Waals surface area contributed by atoms with Gasteiger partial charge in [-0.1, -0.05) is 11.8 Å². The van der Waals surface area contributed by atoms with Crippen LogP contribution < -0.4 is 31.4 Å². The molecule has 1 atom stereocenters. The van der Waals surface area contributed by atoms with E-state index in [2.05, 4.69) is 20.6 Å². The molecular weight excluding hydrogens is 438 g/mol. The molecule has 1 saturated heterocycles. The van der Waals surface area contributed by atoms with Crippen LogP contribution in [-0.2, 0) is 9.53 Å². The van der Waals surface area contributed by atoms with Crippen LogP contribution in [0.4, 0.5) is 11.5 Å². The van der Waals surface area contributed by atoms with Gasteiger partial charge < -0.3 is 30.6 Å². The second-order valence-electron chi connectivity index (χ2n) is 6.88. The summed E-state index contributed by atoms with van der Waals surface area (Å²) in [4.78, 5) is 43.6. The fraction of sp³-hybridized carbons (Fsp3) is 0.400. The van der Waals surface area contributed by atoms with Gasteiger partial charge in [0.15, 0.2) is 22.5 Å². The summed E-state index contributed by atoms with van der Waals surface area (Å²) in [6.07, 6.45) is 1.97. The Morgan fingerprint density at radius 3 is 2.75 bits per heavy atom. The Morgan fingerprint density at radius 1 is 1.31 bits per heavy atom. The number of ether oxygens (including phenoxy) is 3. The average Bonchev–Trinajstić information content (AvgIpc) is 3.31. The Morgan fingerprint density at radius 2 is 2.09 bits per heavy atom. The number of H-pyrrole nitrogens is 1. The monoisotopic (exact) mass is 463 g/mol. The fourth-order valence-electron chi connectivity index (χ4n) is 3.04. The topological polar surface area (TPSA) is 158 Å². The normalized spacial score (nSPS) is 15.2. The smallest absolute Gasteiger partial charge is 0.277 e. The van der Waals surface area contributed by atoms with Crippen molar-refractivity contribution in [3.63, 3.8) is 0 Å². The minimum atomic E-state index is -0.631. The van der Waals surface area contributed by atoms with E-state index in [0.29, 0.717) is 24.7 Å². The first-order valence-electron chi connectivity index (χ1n) is 9.85. The van der Waals surface area contributed by atoms with Crippen LogP contribution in [-0.4, -0.2) is 61.0 Å². The molecule has 2 heterocycles. The zero-order valence-corrected chi connectivity index (χ0v) is 18.5. The number of aromatic nitrogens is 2. The second kappa shape index (κ2) is 10.9. The van der Waals surface area contributed by atoms with Crippen molar-refractivity contribution >= 4 is 35.1 Å².